The van der Waals surface area contributed by atoms with E-state index in [0.717, 1.165) is 23.5 Å². The van der Waals surface area contributed by atoms with Gasteiger partial charge in [0.25, 0.3) is 0 Å². The summed E-state index contributed by atoms with van der Waals surface area (Å²) in [6, 6.07) is 16.0. The average molecular weight is 256 g/mol. The van der Waals surface area contributed by atoms with Crippen molar-refractivity contribution >= 4 is 0 Å². The van der Waals surface area contributed by atoms with Crippen LogP contribution in [-0.4, -0.2) is 18.0 Å². The van der Waals surface area contributed by atoms with Crippen molar-refractivity contribution in [2.45, 2.75) is 19.1 Å². The molecule has 1 aliphatic rings. The van der Waals surface area contributed by atoms with Crippen LogP contribution in [0.4, 0.5) is 0 Å². The molecule has 0 aromatic heterocycles. The van der Waals surface area contributed by atoms with Crippen molar-refractivity contribution in [2.75, 3.05) is 6.61 Å². The fraction of sp³-hybridized carbons (Fsp3) is 0.250. The number of aliphatic hydroxyl groups is 1. The molecule has 0 saturated carbocycles. The van der Waals surface area contributed by atoms with Crippen molar-refractivity contribution < 1.29 is 14.6 Å². The first-order chi connectivity index (χ1) is 9.31. The summed E-state index contributed by atoms with van der Waals surface area (Å²) in [5, 5.41) is 9.40. The Kier molecular flexibility index (Phi) is 3.38. The fourth-order valence-corrected chi connectivity index (χ4v) is 2.21. The molecule has 0 fully saturated rings. The van der Waals surface area contributed by atoms with Gasteiger partial charge in [0.15, 0.2) is 0 Å². The zero-order valence-electron chi connectivity index (χ0n) is 10.6. The molecule has 0 radical (unpaired) electrons. The number of rotatable bonds is 4. The first-order valence-corrected chi connectivity index (χ1v) is 6.45. The van der Waals surface area contributed by atoms with E-state index >= 15 is 0 Å². The molecule has 0 bridgehead atoms. The van der Waals surface area contributed by atoms with Crippen LogP contribution in [0.15, 0.2) is 48.5 Å². The van der Waals surface area contributed by atoms with Crippen LogP contribution >= 0.6 is 0 Å². The Morgan fingerprint density at radius 2 is 2.00 bits per heavy atom. The van der Waals surface area contributed by atoms with Gasteiger partial charge in [0.1, 0.15) is 11.5 Å². The highest BCUT2D eigenvalue weighted by Gasteiger charge is 2.20. The minimum Gasteiger partial charge on any atom is -0.493 e. The van der Waals surface area contributed by atoms with Gasteiger partial charge in [-0.3, -0.25) is 0 Å². The number of aliphatic hydroxyl groups excluding tert-OH is 1. The molecule has 1 unspecified atom stereocenters. The second-order valence-electron chi connectivity index (χ2n) is 4.63. The third kappa shape index (κ3) is 2.88. The molecular formula is C16H16O3. The first kappa shape index (κ1) is 12.1. The van der Waals surface area contributed by atoms with Gasteiger partial charge in [-0.2, -0.15) is 0 Å². The Balaban J connectivity index is 1.58. The third-order valence-corrected chi connectivity index (χ3v) is 3.20. The molecule has 2 aromatic carbocycles. The van der Waals surface area contributed by atoms with E-state index < -0.39 is 6.29 Å². The Hall–Kier alpha value is -2.00. The first-order valence-electron chi connectivity index (χ1n) is 6.45. The molecule has 3 nitrogen and oxygen atoms in total. The maximum Gasteiger partial charge on any atom is 0.201 e. The number of hydrogen-bond acceptors (Lipinski definition) is 3. The zero-order valence-corrected chi connectivity index (χ0v) is 10.6. The summed E-state index contributed by atoms with van der Waals surface area (Å²) in [5.41, 5.74) is 2.29. The summed E-state index contributed by atoms with van der Waals surface area (Å²) in [6.45, 7) is 0.630. The van der Waals surface area contributed by atoms with Crippen LogP contribution in [0.3, 0.4) is 0 Å². The highest BCUT2D eigenvalue weighted by molar-refractivity contribution is 5.43. The number of fused-ring (bicyclic) bond motifs is 1. The molecule has 1 N–H and O–H groups in total. The van der Waals surface area contributed by atoms with Gasteiger partial charge in [-0.1, -0.05) is 36.4 Å². The van der Waals surface area contributed by atoms with E-state index in [0.29, 0.717) is 13.0 Å². The smallest absolute Gasteiger partial charge is 0.201 e. The summed E-state index contributed by atoms with van der Waals surface area (Å²) in [4.78, 5) is 0. The Morgan fingerprint density at radius 3 is 2.84 bits per heavy atom. The summed E-state index contributed by atoms with van der Waals surface area (Å²) in [6.07, 6.45) is 0.718. The van der Waals surface area contributed by atoms with Gasteiger partial charge in [0.05, 0.1) is 6.61 Å². The highest BCUT2D eigenvalue weighted by Crippen LogP contribution is 2.31. The molecule has 1 heterocycles. The van der Waals surface area contributed by atoms with Crippen molar-refractivity contribution in [1.82, 2.24) is 0 Å². The molecule has 98 valence electrons. The highest BCUT2D eigenvalue weighted by atomic mass is 16.6. The number of ether oxygens (including phenoxy) is 2. The van der Waals surface area contributed by atoms with Gasteiger partial charge in [0, 0.05) is 24.5 Å². The van der Waals surface area contributed by atoms with Gasteiger partial charge < -0.3 is 14.6 Å². The minimum absolute atomic E-state index is 0.555. The van der Waals surface area contributed by atoms with E-state index in [-0.39, 0.29) is 0 Å². The van der Waals surface area contributed by atoms with Crippen molar-refractivity contribution in [3.8, 4) is 11.5 Å². The molecule has 3 heteroatoms. The normalized spacial score (nSPS) is 16.8. The lowest BCUT2D eigenvalue weighted by Crippen LogP contribution is -2.09. The Labute approximate surface area is 112 Å². The lowest BCUT2D eigenvalue weighted by Gasteiger charge is -2.08. The summed E-state index contributed by atoms with van der Waals surface area (Å²) in [7, 11) is 0. The largest absolute Gasteiger partial charge is 0.493 e. The van der Waals surface area contributed by atoms with Gasteiger partial charge in [0.2, 0.25) is 6.29 Å². The molecule has 3 rings (SSSR count). The fourth-order valence-electron chi connectivity index (χ4n) is 2.21. The lowest BCUT2D eigenvalue weighted by atomic mass is 10.1. The second-order valence-corrected chi connectivity index (χ2v) is 4.63. The van der Waals surface area contributed by atoms with Crippen molar-refractivity contribution in [3.63, 3.8) is 0 Å². The summed E-state index contributed by atoms with van der Waals surface area (Å²) >= 11 is 0. The van der Waals surface area contributed by atoms with E-state index in [1.165, 1.54) is 5.56 Å². The van der Waals surface area contributed by atoms with Gasteiger partial charge in [-0.15, -0.1) is 0 Å². The monoisotopic (exact) mass is 256 g/mol. The quantitative estimate of drug-likeness (QED) is 0.913. The molecule has 1 atom stereocenters. The van der Waals surface area contributed by atoms with Crippen molar-refractivity contribution in [3.05, 3.63) is 59.7 Å². The molecular weight excluding hydrogens is 240 g/mol. The molecule has 1 aliphatic heterocycles. The van der Waals surface area contributed by atoms with E-state index in [1.807, 2.05) is 36.4 Å². The molecule has 19 heavy (non-hydrogen) atoms. The Morgan fingerprint density at radius 1 is 1.16 bits per heavy atom. The number of benzene rings is 2. The standard InChI is InChI=1S/C16H16O3/c17-16-10-13-6-7-14(11-15(13)19-16)18-9-8-12-4-2-1-3-5-12/h1-7,11,16-17H,8-10H2. The summed E-state index contributed by atoms with van der Waals surface area (Å²) < 4.78 is 11.0. The van der Waals surface area contributed by atoms with Gasteiger partial charge >= 0.3 is 0 Å². The van der Waals surface area contributed by atoms with Crippen LogP contribution in [0.25, 0.3) is 0 Å². The van der Waals surface area contributed by atoms with E-state index in [1.54, 1.807) is 0 Å². The van der Waals surface area contributed by atoms with E-state index in [4.69, 9.17) is 9.47 Å². The van der Waals surface area contributed by atoms with E-state index in [2.05, 4.69) is 12.1 Å². The Bertz CT molecular complexity index is 551. The maximum absolute atomic E-state index is 9.40. The zero-order chi connectivity index (χ0) is 13.1. The molecule has 0 spiro atoms. The van der Waals surface area contributed by atoms with Crippen LogP contribution in [0.2, 0.25) is 0 Å². The van der Waals surface area contributed by atoms with Crippen molar-refractivity contribution in [1.29, 1.82) is 0 Å². The van der Waals surface area contributed by atoms with Gasteiger partial charge in [-0.05, 0) is 11.6 Å². The second kappa shape index (κ2) is 5.33. The number of hydrogen-bond donors (Lipinski definition) is 1. The molecule has 0 amide bonds. The van der Waals surface area contributed by atoms with Crippen LogP contribution in [0, 0.1) is 0 Å². The third-order valence-electron chi connectivity index (χ3n) is 3.20. The molecule has 0 saturated heterocycles. The SMILES string of the molecule is OC1Cc2ccc(OCCc3ccccc3)cc2O1. The van der Waals surface area contributed by atoms with Crippen LogP contribution < -0.4 is 9.47 Å². The minimum atomic E-state index is -0.713. The lowest BCUT2D eigenvalue weighted by molar-refractivity contribution is 0.00206. The van der Waals surface area contributed by atoms with Crippen LogP contribution in [0.5, 0.6) is 11.5 Å². The van der Waals surface area contributed by atoms with Crippen LogP contribution in [-0.2, 0) is 12.8 Å². The molecule has 2 aromatic rings. The molecule has 0 aliphatic carbocycles. The van der Waals surface area contributed by atoms with Crippen molar-refractivity contribution in [2.24, 2.45) is 0 Å². The predicted octanol–water partition coefficient (Wildman–Crippen LogP) is 2.56. The maximum atomic E-state index is 9.40. The predicted molar refractivity (Wildman–Crippen MR) is 72.4 cm³/mol. The topological polar surface area (TPSA) is 38.7 Å². The average Bonchev–Trinajstić information content (AvgIpc) is 2.79. The van der Waals surface area contributed by atoms with E-state index in [9.17, 15) is 5.11 Å². The van der Waals surface area contributed by atoms with Gasteiger partial charge in [-0.25, -0.2) is 0 Å². The summed E-state index contributed by atoms with van der Waals surface area (Å²) in [5.74, 6) is 1.51. The van der Waals surface area contributed by atoms with Crippen LogP contribution in [0.1, 0.15) is 11.1 Å².